The second kappa shape index (κ2) is 9.69. The van der Waals surface area contributed by atoms with E-state index in [0.717, 1.165) is 19.5 Å². The molecule has 0 aromatic heterocycles. The van der Waals surface area contributed by atoms with E-state index in [-0.39, 0.29) is 0 Å². The Morgan fingerprint density at radius 2 is 1.67 bits per heavy atom. The zero-order chi connectivity index (χ0) is 14.0. The summed E-state index contributed by atoms with van der Waals surface area (Å²) < 4.78 is 31.8. The lowest BCUT2D eigenvalue weighted by Crippen LogP contribution is -2.41. The van der Waals surface area contributed by atoms with E-state index >= 15 is 0 Å². The molecule has 18 heavy (non-hydrogen) atoms. The lowest BCUT2D eigenvalue weighted by Gasteiger charge is -2.24. The van der Waals surface area contributed by atoms with E-state index in [1.54, 1.807) is 21.2 Å². The van der Waals surface area contributed by atoms with Gasteiger partial charge in [0.15, 0.2) is 0 Å². The molecule has 0 unspecified atom stereocenters. The quantitative estimate of drug-likeness (QED) is 0.547. The van der Waals surface area contributed by atoms with E-state index in [2.05, 4.69) is 5.32 Å². The van der Waals surface area contributed by atoms with Crippen LogP contribution in [0.3, 0.4) is 0 Å². The number of hydrogen-bond acceptors (Lipinski definition) is 4. The van der Waals surface area contributed by atoms with Gasteiger partial charge in [-0.05, 0) is 25.9 Å². The highest BCUT2D eigenvalue weighted by Crippen LogP contribution is 2.05. The molecule has 0 aromatic carbocycles. The van der Waals surface area contributed by atoms with Crippen molar-refractivity contribution in [1.82, 2.24) is 13.9 Å². The van der Waals surface area contributed by atoms with Crippen molar-refractivity contribution in [2.45, 2.75) is 19.8 Å². The van der Waals surface area contributed by atoms with E-state index in [1.807, 2.05) is 6.92 Å². The van der Waals surface area contributed by atoms with Gasteiger partial charge in [0.25, 0.3) is 10.2 Å². The predicted octanol–water partition coefficient (Wildman–Crippen LogP) is 0.131. The Bertz CT molecular complexity index is 296. The fourth-order valence-electron chi connectivity index (χ4n) is 1.50. The number of nitrogens with one attached hydrogen (secondary N) is 1. The van der Waals surface area contributed by atoms with Crippen LogP contribution in [0.2, 0.25) is 0 Å². The molecule has 0 rings (SSSR count). The van der Waals surface area contributed by atoms with Crippen molar-refractivity contribution in [1.29, 1.82) is 0 Å². The highest BCUT2D eigenvalue weighted by Gasteiger charge is 2.22. The van der Waals surface area contributed by atoms with Gasteiger partial charge in [-0.2, -0.15) is 17.0 Å². The molecule has 0 heterocycles. The number of ether oxygens (including phenoxy) is 1. The fraction of sp³-hybridized carbons (Fsp3) is 1.00. The van der Waals surface area contributed by atoms with Crippen molar-refractivity contribution in [3.05, 3.63) is 0 Å². The molecule has 0 aliphatic rings. The van der Waals surface area contributed by atoms with Gasteiger partial charge in [-0.15, -0.1) is 0 Å². The van der Waals surface area contributed by atoms with Crippen LogP contribution in [0.25, 0.3) is 0 Å². The average molecular weight is 281 g/mol. The first kappa shape index (κ1) is 17.8. The molecule has 7 heteroatoms. The third-order valence-corrected chi connectivity index (χ3v) is 4.63. The summed E-state index contributed by atoms with van der Waals surface area (Å²) in [6, 6.07) is 0. The van der Waals surface area contributed by atoms with E-state index in [4.69, 9.17) is 4.74 Å². The topological polar surface area (TPSA) is 61.9 Å². The van der Waals surface area contributed by atoms with Crippen LogP contribution < -0.4 is 5.32 Å². The fourth-order valence-corrected chi connectivity index (χ4v) is 2.70. The number of methoxy groups -OCH3 is 1. The third kappa shape index (κ3) is 6.65. The van der Waals surface area contributed by atoms with Gasteiger partial charge in [-0.25, -0.2) is 0 Å². The normalized spacial score (nSPS) is 12.6. The van der Waals surface area contributed by atoms with Gasteiger partial charge in [-0.1, -0.05) is 6.92 Å². The molecule has 0 spiro atoms. The maximum Gasteiger partial charge on any atom is 0.281 e. The van der Waals surface area contributed by atoms with Gasteiger partial charge in [0, 0.05) is 40.9 Å². The monoisotopic (exact) mass is 281 g/mol. The number of hydrogen-bond donors (Lipinski definition) is 1. The number of nitrogens with zero attached hydrogens (tertiary/aromatic N) is 2. The molecule has 0 saturated heterocycles. The Labute approximate surface area is 111 Å². The summed E-state index contributed by atoms with van der Waals surface area (Å²) in [6.07, 6.45) is 1.52. The van der Waals surface area contributed by atoms with Crippen LogP contribution in [0.4, 0.5) is 0 Å². The van der Waals surface area contributed by atoms with Gasteiger partial charge in [-0.3, -0.25) is 0 Å². The van der Waals surface area contributed by atoms with Crippen molar-refractivity contribution in [2.24, 2.45) is 0 Å². The van der Waals surface area contributed by atoms with Crippen molar-refractivity contribution in [2.75, 3.05) is 54.0 Å². The van der Waals surface area contributed by atoms with Crippen molar-refractivity contribution in [3.63, 3.8) is 0 Å². The molecule has 0 fully saturated rings. The molecule has 0 aliphatic heterocycles. The SMILES string of the molecule is CCNCCCN(C)S(=O)(=O)N(C)CCCOC. The molecular formula is C11H27N3O3S. The van der Waals surface area contributed by atoms with Crippen LogP contribution in [-0.4, -0.2) is 71.0 Å². The zero-order valence-electron chi connectivity index (χ0n) is 12.0. The Kier molecular flexibility index (Phi) is 9.57. The summed E-state index contributed by atoms with van der Waals surface area (Å²) in [4.78, 5) is 0. The minimum absolute atomic E-state index is 0.480. The first-order valence-electron chi connectivity index (χ1n) is 6.34. The zero-order valence-corrected chi connectivity index (χ0v) is 12.8. The minimum atomic E-state index is -3.32. The van der Waals surface area contributed by atoms with Crippen molar-refractivity contribution in [3.8, 4) is 0 Å². The third-order valence-electron chi connectivity index (χ3n) is 2.69. The highest BCUT2D eigenvalue weighted by molar-refractivity contribution is 7.86. The number of rotatable bonds is 11. The van der Waals surface area contributed by atoms with E-state index in [1.165, 1.54) is 8.61 Å². The Morgan fingerprint density at radius 1 is 1.11 bits per heavy atom. The van der Waals surface area contributed by atoms with Gasteiger partial charge < -0.3 is 10.1 Å². The maximum absolute atomic E-state index is 12.1. The first-order valence-corrected chi connectivity index (χ1v) is 7.73. The van der Waals surface area contributed by atoms with Gasteiger partial charge in [0.05, 0.1) is 0 Å². The molecular weight excluding hydrogens is 254 g/mol. The van der Waals surface area contributed by atoms with E-state index < -0.39 is 10.2 Å². The summed E-state index contributed by atoms with van der Waals surface area (Å²) in [5.41, 5.74) is 0. The highest BCUT2D eigenvalue weighted by atomic mass is 32.2. The summed E-state index contributed by atoms with van der Waals surface area (Å²) in [7, 11) is 1.51. The molecule has 0 bridgehead atoms. The van der Waals surface area contributed by atoms with Crippen molar-refractivity contribution < 1.29 is 13.2 Å². The summed E-state index contributed by atoms with van der Waals surface area (Å²) in [5, 5.41) is 3.17. The van der Waals surface area contributed by atoms with Crippen LogP contribution in [-0.2, 0) is 14.9 Å². The standard InChI is InChI=1S/C11H27N3O3S/c1-5-12-8-6-9-13(2)18(15,16)14(3)10-7-11-17-4/h12H,5-11H2,1-4H3. The van der Waals surface area contributed by atoms with Gasteiger partial charge >= 0.3 is 0 Å². The minimum Gasteiger partial charge on any atom is -0.385 e. The summed E-state index contributed by atoms with van der Waals surface area (Å²) in [6.45, 7) is 5.36. The van der Waals surface area contributed by atoms with Crippen LogP contribution in [0.15, 0.2) is 0 Å². The molecule has 0 aromatic rings. The molecule has 0 aliphatic carbocycles. The maximum atomic E-state index is 12.1. The largest absolute Gasteiger partial charge is 0.385 e. The van der Waals surface area contributed by atoms with Crippen LogP contribution in [0, 0.1) is 0 Å². The molecule has 0 radical (unpaired) electrons. The Hall–Kier alpha value is -0.210. The second-order valence-corrected chi connectivity index (χ2v) is 6.35. The molecule has 6 nitrogen and oxygen atoms in total. The van der Waals surface area contributed by atoms with E-state index in [9.17, 15) is 8.42 Å². The predicted molar refractivity (Wildman–Crippen MR) is 73.8 cm³/mol. The molecule has 110 valence electrons. The Morgan fingerprint density at radius 3 is 2.17 bits per heavy atom. The summed E-state index contributed by atoms with van der Waals surface area (Å²) >= 11 is 0. The van der Waals surface area contributed by atoms with E-state index in [0.29, 0.717) is 26.1 Å². The van der Waals surface area contributed by atoms with Gasteiger partial charge in [0.1, 0.15) is 0 Å². The molecule has 0 amide bonds. The average Bonchev–Trinajstić information content (AvgIpc) is 2.34. The first-order chi connectivity index (χ1) is 8.46. The summed E-state index contributed by atoms with van der Waals surface area (Å²) in [5.74, 6) is 0. The van der Waals surface area contributed by atoms with Crippen molar-refractivity contribution >= 4 is 10.2 Å². The lowest BCUT2D eigenvalue weighted by atomic mass is 10.4. The molecule has 1 N–H and O–H groups in total. The van der Waals surface area contributed by atoms with Gasteiger partial charge in [0.2, 0.25) is 0 Å². The lowest BCUT2D eigenvalue weighted by molar-refractivity contribution is 0.188. The second-order valence-electron chi connectivity index (χ2n) is 4.20. The smallest absolute Gasteiger partial charge is 0.281 e. The van der Waals surface area contributed by atoms with Crippen LogP contribution >= 0.6 is 0 Å². The Balaban J connectivity index is 4.08. The molecule has 0 atom stereocenters. The van der Waals surface area contributed by atoms with Crippen LogP contribution in [0.5, 0.6) is 0 Å². The molecule has 0 saturated carbocycles. The van der Waals surface area contributed by atoms with Crippen LogP contribution in [0.1, 0.15) is 19.8 Å².